The summed E-state index contributed by atoms with van der Waals surface area (Å²) < 4.78 is 1.87. The Labute approximate surface area is 115 Å². The molecule has 76 valence electrons. The molecule has 15 heavy (non-hydrogen) atoms. The Kier molecular flexibility index (Phi) is 3.49. The number of benzene rings is 1. The topological polar surface area (TPSA) is 38.7 Å². The van der Waals surface area contributed by atoms with Gasteiger partial charge in [0.15, 0.2) is 0 Å². The second-order valence-electron chi connectivity index (χ2n) is 3.03. The SMILES string of the molecule is Cc1nc(I)nnc1-c1cccc(I)c1. The van der Waals surface area contributed by atoms with Gasteiger partial charge in [-0.25, -0.2) is 4.98 Å². The van der Waals surface area contributed by atoms with E-state index < -0.39 is 0 Å². The zero-order chi connectivity index (χ0) is 10.8. The molecule has 1 heterocycles. The van der Waals surface area contributed by atoms with Gasteiger partial charge in [0, 0.05) is 31.7 Å². The van der Waals surface area contributed by atoms with Crippen molar-refractivity contribution in [3.63, 3.8) is 0 Å². The maximum absolute atomic E-state index is 4.29. The highest BCUT2D eigenvalue weighted by atomic mass is 127. The summed E-state index contributed by atoms with van der Waals surface area (Å²) in [6.07, 6.45) is 0. The maximum atomic E-state index is 4.29. The van der Waals surface area contributed by atoms with Crippen LogP contribution >= 0.6 is 45.2 Å². The van der Waals surface area contributed by atoms with E-state index in [-0.39, 0.29) is 0 Å². The average Bonchev–Trinajstić information content (AvgIpc) is 2.17. The molecule has 0 bridgehead atoms. The van der Waals surface area contributed by atoms with Crippen molar-refractivity contribution in [2.45, 2.75) is 6.92 Å². The van der Waals surface area contributed by atoms with Gasteiger partial charge in [0.05, 0.1) is 5.69 Å². The van der Waals surface area contributed by atoms with Crippen LogP contribution in [0, 0.1) is 14.3 Å². The molecule has 1 aromatic carbocycles. The molecule has 3 nitrogen and oxygen atoms in total. The quantitative estimate of drug-likeness (QED) is 0.663. The number of nitrogens with zero attached hydrogens (tertiary/aromatic N) is 3. The molecular weight excluding hydrogens is 416 g/mol. The standard InChI is InChI=1S/C10H7I2N3/c1-6-9(14-15-10(12)13-6)7-3-2-4-8(11)5-7/h2-5H,1H3. The summed E-state index contributed by atoms with van der Waals surface area (Å²) >= 11 is 4.34. The Morgan fingerprint density at radius 1 is 1.13 bits per heavy atom. The number of hydrogen-bond donors (Lipinski definition) is 0. The largest absolute Gasteiger partial charge is 0.225 e. The van der Waals surface area contributed by atoms with Gasteiger partial charge < -0.3 is 0 Å². The van der Waals surface area contributed by atoms with Gasteiger partial charge in [0.25, 0.3) is 0 Å². The summed E-state index contributed by atoms with van der Waals surface area (Å²) in [7, 11) is 0. The van der Waals surface area contributed by atoms with E-state index in [4.69, 9.17) is 0 Å². The molecule has 1 aromatic heterocycles. The smallest absolute Gasteiger partial charge is 0.212 e. The van der Waals surface area contributed by atoms with E-state index in [1.807, 2.05) is 25.1 Å². The predicted molar refractivity (Wildman–Crippen MR) is 75.4 cm³/mol. The van der Waals surface area contributed by atoms with Crippen LogP contribution in [0.4, 0.5) is 0 Å². The number of halogens is 2. The lowest BCUT2D eigenvalue weighted by Gasteiger charge is -2.03. The molecule has 0 saturated carbocycles. The highest BCUT2D eigenvalue weighted by Crippen LogP contribution is 2.20. The van der Waals surface area contributed by atoms with Crippen LogP contribution in [-0.2, 0) is 0 Å². The maximum Gasteiger partial charge on any atom is 0.212 e. The first-order chi connectivity index (χ1) is 7.16. The summed E-state index contributed by atoms with van der Waals surface area (Å²) in [5.74, 6) is 0. The Balaban J connectivity index is 2.54. The van der Waals surface area contributed by atoms with Gasteiger partial charge in [-0.15, -0.1) is 10.2 Å². The van der Waals surface area contributed by atoms with Crippen LogP contribution in [0.5, 0.6) is 0 Å². The molecule has 5 heteroatoms. The Morgan fingerprint density at radius 3 is 2.60 bits per heavy atom. The molecule has 0 spiro atoms. The third-order valence-corrected chi connectivity index (χ3v) is 3.06. The summed E-state index contributed by atoms with van der Waals surface area (Å²) in [6.45, 7) is 1.95. The molecule has 0 amide bonds. The Morgan fingerprint density at radius 2 is 1.93 bits per heavy atom. The van der Waals surface area contributed by atoms with Gasteiger partial charge >= 0.3 is 0 Å². The van der Waals surface area contributed by atoms with E-state index in [0.29, 0.717) is 3.83 Å². The molecule has 0 radical (unpaired) electrons. The van der Waals surface area contributed by atoms with Crippen molar-refractivity contribution in [3.05, 3.63) is 37.4 Å². The molecule has 0 fully saturated rings. The molecule has 0 aliphatic heterocycles. The monoisotopic (exact) mass is 423 g/mol. The fourth-order valence-electron chi connectivity index (χ4n) is 1.28. The number of rotatable bonds is 1. The molecular formula is C10H7I2N3. The van der Waals surface area contributed by atoms with Gasteiger partial charge in [-0.05, 0) is 41.6 Å². The van der Waals surface area contributed by atoms with Crippen LogP contribution < -0.4 is 0 Å². The molecule has 0 N–H and O–H groups in total. The van der Waals surface area contributed by atoms with Crippen molar-refractivity contribution in [1.29, 1.82) is 0 Å². The summed E-state index contributed by atoms with van der Waals surface area (Å²) in [4.78, 5) is 4.29. The average molecular weight is 423 g/mol. The fraction of sp³-hybridized carbons (Fsp3) is 0.100. The molecule has 0 atom stereocenters. The van der Waals surface area contributed by atoms with Crippen LogP contribution in [0.1, 0.15) is 5.69 Å². The van der Waals surface area contributed by atoms with Gasteiger partial charge in [-0.1, -0.05) is 12.1 Å². The molecule has 0 aliphatic carbocycles. The predicted octanol–water partition coefficient (Wildman–Crippen LogP) is 3.06. The molecule has 0 unspecified atom stereocenters. The Hall–Kier alpha value is -0.310. The minimum atomic E-state index is 0.680. The van der Waals surface area contributed by atoms with Crippen molar-refractivity contribution < 1.29 is 0 Å². The molecule has 2 rings (SSSR count). The Bertz CT molecular complexity index is 500. The number of hydrogen-bond acceptors (Lipinski definition) is 3. The third kappa shape index (κ3) is 2.63. The van der Waals surface area contributed by atoms with Crippen LogP contribution in [0.3, 0.4) is 0 Å². The minimum Gasteiger partial charge on any atom is -0.225 e. The first kappa shape index (κ1) is 11.2. The van der Waals surface area contributed by atoms with Crippen LogP contribution in [0.15, 0.2) is 24.3 Å². The molecule has 2 aromatic rings. The summed E-state index contributed by atoms with van der Waals surface area (Å²) in [6, 6.07) is 8.16. The van der Waals surface area contributed by atoms with Crippen molar-refractivity contribution in [2.75, 3.05) is 0 Å². The lowest BCUT2D eigenvalue weighted by molar-refractivity contribution is 0.911. The van der Waals surface area contributed by atoms with E-state index in [2.05, 4.69) is 66.4 Å². The van der Waals surface area contributed by atoms with Crippen LogP contribution in [-0.4, -0.2) is 15.2 Å². The first-order valence-corrected chi connectivity index (χ1v) is 6.45. The van der Waals surface area contributed by atoms with Crippen molar-refractivity contribution in [1.82, 2.24) is 15.2 Å². The minimum absolute atomic E-state index is 0.680. The highest BCUT2D eigenvalue weighted by molar-refractivity contribution is 14.1. The van der Waals surface area contributed by atoms with Gasteiger partial charge in [0.2, 0.25) is 3.83 Å². The van der Waals surface area contributed by atoms with E-state index >= 15 is 0 Å². The summed E-state index contributed by atoms with van der Waals surface area (Å²) in [5, 5.41) is 8.13. The zero-order valence-electron chi connectivity index (χ0n) is 7.91. The normalized spacial score (nSPS) is 10.3. The third-order valence-electron chi connectivity index (χ3n) is 1.93. The first-order valence-electron chi connectivity index (χ1n) is 4.29. The van der Waals surface area contributed by atoms with Gasteiger partial charge in [-0.3, -0.25) is 0 Å². The number of aryl methyl sites for hydroxylation is 1. The second kappa shape index (κ2) is 4.69. The van der Waals surface area contributed by atoms with E-state index in [9.17, 15) is 0 Å². The highest BCUT2D eigenvalue weighted by Gasteiger charge is 2.06. The zero-order valence-corrected chi connectivity index (χ0v) is 12.2. The molecule has 0 aliphatic rings. The number of aromatic nitrogens is 3. The summed E-state index contributed by atoms with van der Waals surface area (Å²) in [5.41, 5.74) is 2.83. The van der Waals surface area contributed by atoms with Gasteiger partial charge in [0.1, 0.15) is 5.69 Å². The lowest BCUT2D eigenvalue weighted by Crippen LogP contribution is -1.98. The van der Waals surface area contributed by atoms with Crippen LogP contribution in [0.2, 0.25) is 0 Å². The van der Waals surface area contributed by atoms with Crippen molar-refractivity contribution >= 4 is 45.2 Å². The van der Waals surface area contributed by atoms with E-state index in [1.165, 1.54) is 3.57 Å². The van der Waals surface area contributed by atoms with Gasteiger partial charge in [-0.2, -0.15) is 0 Å². The van der Waals surface area contributed by atoms with Crippen molar-refractivity contribution in [2.24, 2.45) is 0 Å². The fourth-order valence-corrected chi connectivity index (χ4v) is 2.29. The van der Waals surface area contributed by atoms with Crippen LogP contribution in [0.25, 0.3) is 11.3 Å². The van der Waals surface area contributed by atoms with Crippen molar-refractivity contribution in [3.8, 4) is 11.3 Å². The lowest BCUT2D eigenvalue weighted by atomic mass is 10.1. The second-order valence-corrected chi connectivity index (χ2v) is 5.24. The molecule has 0 saturated heterocycles. The van der Waals surface area contributed by atoms with E-state index in [0.717, 1.165) is 17.0 Å². The van der Waals surface area contributed by atoms with E-state index in [1.54, 1.807) is 0 Å².